The van der Waals surface area contributed by atoms with Crippen molar-refractivity contribution < 1.29 is 14.6 Å². The van der Waals surface area contributed by atoms with Crippen LogP contribution in [-0.2, 0) is 11.2 Å². The highest BCUT2D eigenvalue weighted by atomic mass is 35.5. The molecule has 0 aliphatic rings. The van der Waals surface area contributed by atoms with Crippen molar-refractivity contribution in [3.63, 3.8) is 0 Å². The smallest absolute Gasteiger partial charge is 0.311 e. The maximum absolute atomic E-state index is 11.5. The van der Waals surface area contributed by atoms with Crippen molar-refractivity contribution in [3.05, 3.63) is 64.7 Å². The Labute approximate surface area is 122 Å². The van der Waals surface area contributed by atoms with Crippen molar-refractivity contribution in [2.24, 2.45) is 0 Å². The SMILES string of the molecule is COc1ccccc1CC(C(=O)O)c1ccc(Cl)cc1. The summed E-state index contributed by atoms with van der Waals surface area (Å²) in [5.41, 5.74) is 1.60. The van der Waals surface area contributed by atoms with Crippen molar-refractivity contribution >= 4 is 17.6 Å². The quantitative estimate of drug-likeness (QED) is 0.912. The van der Waals surface area contributed by atoms with Gasteiger partial charge < -0.3 is 9.84 Å². The molecular formula is C16H15ClO3. The van der Waals surface area contributed by atoms with E-state index in [0.29, 0.717) is 17.2 Å². The number of ether oxygens (including phenoxy) is 1. The zero-order valence-corrected chi connectivity index (χ0v) is 11.8. The second-order valence-electron chi connectivity index (χ2n) is 4.46. The molecule has 104 valence electrons. The van der Waals surface area contributed by atoms with Crippen LogP contribution < -0.4 is 4.74 Å². The lowest BCUT2D eigenvalue weighted by molar-refractivity contribution is -0.138. The molecule has 0 heterocycles. The van der Waals surface area contributed by atoms with Crippen LogP contribution in [0, 0.1) is 0 Å². The first kappa shape index (κ1) is 14.4. The molecule has 0 radical (unpaired) electrons. The van der Waals surface area contributed by atoms with Crippen LogP contribution in [0.2, 0.25) is 5.02 Å². The number of aliphatic carboxylic acids is 1. The van der Waals surface area contributed by atoms with Crippen LogP contribution in [0.4, 0.5) is 0 Å². The summed E-state index contributed by atoms with van der Waals surface area (Å²) in [4.78, 5) is 11.5. The van der Waals surface area contributed by atoms with E-state index in [-0.39, 0.29) is 0 Å². The molecule has 1 unspecified atom stereocenters. The predicted octanol–water partition coefficient (Wildman–Crippen LogP) is 3.76. The van der Waals surface area contributed by atoms with Crippen LogP contribution in [0.3, 0.4) is 0 Å². The van der Waals surface area contributed by atoms with E-state index >= 15 is 0 Å². The number of para-hydroxylation sites is 1. The van der Waals surface area contributed by atoms with Crippen molar-refractivity contribution in [2.45, 2.75) is 12.3 Å². The maximum Gasteiger partial charge on any atom is 0.311 e. The third-order valence-electron chi connectivity index (χ3n) is 3.19. The van der Waals surface area contributed by atoms with E-state index < -0.39 is 11.9 Å². The molecule has 2 rings (SSSR count). The molecule has 20 heavy (non-hydrogen) atoms. The van der Waals surface area contributed by atoms with Crippen LogP contribution >= 0.6 is 11.6 Å². The summed E-state index contributed by atoms with van der Waals surface area (Å²) in [6, 6.07) is 14.3. The number of carboxylic acids is 1. The molecule has 0 spiro atoms. The van der Waals surface area contributed by atoms with Gasteiger partial charge in [0.1, 0.15) is 5.75 Å². The van der Waals surface area contributed by atoms with Gasteiger partial charge in [0.2, 0.25) is 0 Å². The molecule has 0 aromatic heterocycles. The van der Waals surface area contributed by atoms with Gasteiger partial charge in [-0.1, -0.05) is 41.9 Å². The highest BCUT2D eigenvalue weighted by Gasteiger charge is 2.21. The normalized spacial score (nSPS) is 11.9. The second-order valence-corrected chi connectivity index (χ2v) is 4.89. The van der Waals surface area contributed by atoms with Gasteiger partial charge >= 0.3 is 5.97 Å². The summed E-state index contributed by atoms with van der Waals surface area (Å²) >= 11 is 5.84. The first-order valence-electron chi connectivity index (χ1n) is 6.22. The van der Waals surface area contributed by atoms with Crippen LogP contribution in [0.5, 0.6) is 5.75 Å². The highest BCUT2D eigenvalue weighted by molar-refractivity contribution is 6.30. The Morgan fingerprint density at radius 1 is 1.20 bits per heavy atom. The molecule has 0 aliphatic carbocycles. The number of carboxylic acid groups (broad SMARTS) is 1. The minimum absolute atomic E-state index is 0.376. The molecule has 0 fully saturated rings. The van der Waals surface area contributed by atoms with Crippen molar-refractivity contribution in [3.8, 4) is 5.75 Å². The van der Waals surface area contributed by atoms with Crippen molar-refractivity contribution in [1.29, 1.82) is 0 Å². The highest BCUT2D eigenvalue weighted by Crippen LogP contribution is 2.27. The molecule has 1 N–H and O–H groups in total. The summed E-state index contributed by atoms with van der Waals surface area (Å²) in [5, 5.41) is 10.0. The van der Waals surface area contributed by atoms with Gasteiger partial charge in [0.05, 0.1) is 13.0 Å². The zero-order chi connectivity index (χ0) is 14.5. The standard InChI is InChI=1S/C16H15ClO3/c1-20-15-5-3-2-4-12(15)10-14(16(18)19)11-6-8-13(17)9-7-11/h2-9,14H,10H2,1H3,(H,18,19). The van der Waals surface area contributed by atoms with E-state index in [0.717, 1.165) is 11.1 Å². The summed E-state index contributed by atoms with van der Waals surface area (Å²) in [6.07, 6.45) is 0.376. The van der Waals surface area contributed by atoms with Gasteiger partial charge in [0.15, 0.2) is 0 Å². The van der Waals surface area contributed by atoms with Gasteiger partial charge in [-0.25, -0.2) is 0 Å². The average molecular weight is 291 g/mol. The molecule has 0 bridgehead atoms. The summed E-state index contributed by atoms with van der Waals surface area (Å²) in [7, 11) is 1.58. The molecule has 0 amide bonds. The molecular weight excluding hydrogens is 276 g/mol. The van der Waals surface area contributed by atoms with Crippen molar-refractivity contribution in [2.75, 3.05) is 7.11 Å². The Kier molecular flexibility index (Phi) is 4.64. The van der Waals surface area contributed by atoms with Gasteiger partial charge in [-0.3, -0.25) is 4.79 Å². The topological polar surface area (TPSA) is 46.5 Å². The van der Waals surface area contributed by atoms with E-state index in [2.05, 4.69) is 0 Å². The third-order valence-corrected chi connectivity index (χ3v) is 3.44. The van der Waals surface area contributed by atoms with Gasteiger partial charge in [0, 0.05) is 5.02 Å². The summed E-state index contributed by atoms with van der Waals surface area (Å²) in [5.74, 6) is -0.783. The van der Waals surface area contributed by atoms with E-state index in [4.69, 9.17) is 16.3 Å². The first-order chi connectivity index (χ1) is 9.61. The number of halogens is 1. The molecule has 0 aliphatic heterocycles. The van der Waals surface area contributed by atoms with E-state index in [1.807, 2.05) is 24.3 Å². The van der Waals surface area contributed by atoms with Crippen LogP contribution in [-0.4, -0.2) is 18.2 Å². The molecule has 0 saturated carbocycles. The van der Waals surface area contributed by atoms with E-state index in [1.54, 1.807) is 31.4 Å². The van der Waals surface area contributed by atoms with Crippen LogP contribution in [0.15, 0.2) is 48.5 Å². The fourth-order valence-electron chi connectivity index (χ4n) is 2.13. The minimum atomic E-state index is -0.863. The lowest BCUT2D eigenvalue weighted by Gasteiger charge is -2.15. The molecule has 2 aromatic carbocycles. The Morgan fingerprint density at radius 3 is 2.45 bits per heavy atom. The van der Waals surface area contributed by atoms with Crippen LogP contribution in [0.1, 0.15) is 17.0 Å². The van der Waals surface area contributed by atoms with Crippen molar-refractivity contribution in [1.82, 2.24) is 0 Å². The minimum Gasteiger partial charge on any atom is -0.496 e. The fraction of sp³-hybridized carbons (Fsp3) is 0.188. The summed E-state index contributed by atoms with van der Waals surface area (Å²) < 4.78 is 5.27. The van der Waals surface area contributed by atoms with Gasteiger partial charge in [-0.2, -0.15) is 0 Å². The average Bonchev–Trinajstić information content (AvgIpc) is 2.46. The summed E-state index contributed by atoms with van der Waals surface area (Å²) in [6.45, 7) is 0. The van der Waals surface area contributed by atoms with Crippen LogP contribution in [0.25, 0.3) is 0 Å². The predicted molar refractivity (Wildman–Crippen MR) is 78.5 cm³/mol. The molecule has 3 nitrogen and oxygen atoms in total. The Bertz CT molecular complexity index is 593. The number of carbonyl (C=O) groups is 1. The Hall–Kier alpha value is -2.00. The number of hydrogen-bond acceptors (Lipinski definition) is 2. The fourth-order valence-corrected chi connectivity index (χ4v) is 2.26. The second kappa shape index (κ2) is 6.44. The Balaban J connectivity index is 2.30. The number of benzene rings is 2. The van der Waals surface area contributed by atoms with Gasteiger partial charge in [-0.05, 0) is 35.7 Å². The molecule has 1 atom stereocenters. The number of hydrogen-bond donors (Lipinski definition) is 1. The lowest BCUT2D eigenvalue weighted by atomic mass is 9.92. The van der Waals surface area contributed by atoms with E-state index in [1.165, 1.54) is 0 Å². The number of methoxy groups -OCH3 is 1. The molecule has 2 aromatic rings. The first-order valence-corrected chi connectivity index (χ1v) is 6.59. The van der Waals surface area contributed by atoms with E-state index in [9.17, 15) is 9.90 Å². The Morgan fingerprint density at radius 2 is 1.85 bits per heavy atom. The zero-order valence-electron chi connectivity index (χ0n) is 11.0. The number of rotatable bonds is 5. The lowest BCUT2D eigenvalue weighted by Crippen LogP contribution is -2.14. The maximum atomic E-state index is 11.5. The third kappa shape index (κ3) is 3.31. The molecule has 0 saturated heterocycles. The molecule has 4 heteroatoms. The monoisotopic (exact) mass is 290 g/mol. The van der Waals surface area contributed by atoms with Gasteiger partial charge in [-0.15, -0.1) is 0 Å². The largest absolute Gasteiger partial charge is 0.496 e. The van der Waals surface area contributed by atoms with Gasteiger partial charge in [0.25, 0.3) is 0 Å².